The van der Waals surface area contributed by atoms with E-state index < -0.39 is 33.7 Å². The highest BCUT2D eigenvalue weighted by molar-refractivity contribution is 7.91. The number of nitrogens with one attached hydrogen (secondary N) is 1. The molecule has 5 nitrogen and oxygen atoms in total. The Kier molecular flexibility index (Phi) is 7.86. The first kappa shape index (κ1) is 29.4. The molecule has 0 aliphatic heterocycles. The predicted molar refractivity (Wildman–Crippen MR) is 146 cm³/mol. The molecule has 1 N–H and O–H groups in total. The van der Waals surface area contributed by atoms with E-state index in [0.29, 0.717) is 35.5 Å². The van der Waals surface area contributed by atoms with Crippen molar-refractivity contribution in [1.82, 2.24) is 9.97 Å². The van der Waals surface area contributed by atoms with Crippen LogP contribution in [-0.4, -0.2) is 32.5 Å². The molecule has 0 radical (unpaired) electrons. The predicted octanol–water partition coefficient (Wildman–Crippen LogP) is 8.42. The summed E-state index contributed by atoms with van der Waals surface area (Å²) in [7, 11) is -3.22. The Morgan fingerprint density at radius 2 is 1.71 bits per heavy atom. The van der Waals surface area contributed by atoms with E-state index in [1.807, 2.05) is 30.3 Å². The molecule has 1 unspecified atom stereocenters. The van der Waals surface area contributed by atoms with Crippen LogP contribution < -0.4 is 4.74 Å². The van der Waals surface area contributed by atoms with Crippen LogP contribution in [0.15, 0.2) is 53.6 Å². The molecule has 2 aliphatic rings. The minimum absolute atomic E-state index is 0.0136. The van der Waals surface area contributed by atoms with Crippen molar-refractivity contribution in [3.8, 4) is 17.0 Å². The average Bonchev–Trinajstić information content (AvgIpc) is 2.89. The summed E-state index contributed by atoms with van der Waals surface area (Å²) in [6.07, 6.45) is -1.45. The Morgan fingerprint density at radius 3 is 2.29 bits per heavy atom. The van der Waals surface area contributed by atoms with Crippen LogP contribution in [0, 0.1) is 17.6 Å². The fourth-order valence-corrected chi connectivity index (χ4v) is 7.06. The molecule has 41 heavy (non-hydrogen) atoms. The number of hydrogen-bond donors (Lipinski definition) is 1. The quantitative estimate of drug-likeness (QED) is 0.279. The van der Waals surface area contributed by atoms with Gasteiger partial charge in [-0.1, -0.05) is 30.3 Å². The smallest absolute Gasteiger partial charge is 0.391 e. The summed E-state index contributed by atoms with van der Waals surface area (Å²) in [5.74, 6) is -4.51. The van der Waals surface area contributed by atoms with Crippen LogP contribution in [0.1, 0.15) is 72.9 Å². The highest BCUT2D eigenvalue weighted by Gasteiger charge is 2.47. The minimum atomic E-state index is -4.25. The monoisotopic (exact) mass is 593 g/mol. The maximum absolute atomic E-state index is 13.6. The summed E-state index contributed by atoms with van der Waals surface area (Å²) in [6, 6.07) is 12.7. The molecule has 5 rings (SSSR count). The zero-order chi connectivity index (χ0) is 29.6. The van der Waals surface area contributed by atoms with Crippen molar-refractivity contribution in [3.05, 3.63) is 71.2 Å². The van der Waals surface area contributed by atoms with Gasteiger partial charge in [0.25, 0.3) is 0 Å². The van der Waals surface area contributed by atoms with E-state index in [-0.39, 0.29) is 48.9 Å². The minimum Gasteiger partial charge on any atom is -0.487 e. The maximum atomic E-state index is 13.6. The summed E-state index contributed by atoms with van der Waals surface area (Å²) >= 11 is 0. The van der Waals surface area contributed by atoms with Crippen molar-refractivity contribution in [2.24, 2.45) is 5.92 Å². The molecule has 0 saturated heterocycles. The Balaban J connectivity index is 1.55. The van der Waals surface area contributed by atoms with Crippen LogP contribution in [0.25, 0.3) is 11.3 Å². The highest BCUT2D eigenvalue weighted by atomic mass is 32.2. The molecule has 0 spiro atoms. The van der Waals surface area contributed by atoms with Crippen LogP contribution in [0.2, 0.25) is 0 Å². The maximum Gasteiger partial charge on any atom is 0.391 e. The van der Waals surface area contributed by atoms with Gasteiger partial charge in [-0.15, -0.1) is 0 Å². The normalized spacial score (nSPS) is 22.5. The van der Waals surface area contributed by atoms with Gasteiger partial charge in [0.2, 0.25) is 5.92 Å². The van der Waals surface area contributed by atoms with E-state index in [2.05, 4.69) is 9.97 Å². The number of halogens is 5. The van der Waals surface area contributed by atoms with Gasteiger partial charge in [-0.2, -0.15) is 13.2 Å². The number of benzene rings is 1. The van der Waals surface area contributed by atoms with Crippen molar-refractivity contribution in [2.45, 2.75) is 80.9 Å². The number of hydrogen-bond acceptors (Lipinski definition) is 5. The number of aromatic nitrogens is 2. The molecule has 2 aliphatic carbocycles. The molecule has 2 aromatic heterocycles. The molecule has 2 fully saturated rings. The standard InChI is InChI=1S/C30H32F5N3O2S/c1-18-28(41(2,36)39)27(40-17-19-6-4-3-5-7-19)13-26(38-18)24-16-37-25(21-14-29(31,32)15-21)12-23(24)20-8-10-22(11-9-20)30(33,34)35/h3-7,12-13,16,20-22,36H,8-11,14-15,17H2,1-2H3. The molecule has 2 saturated carbocycles. The molecule has 0 bridgehead atoms. The Morgan fingerprint density at radius 1 is 1.05 bits per heavy atom. The van der Waals surface area contributed by atoms with E-state index in [1.165, 1.54) is 6.26 Å². The third-order valence-corrected chi connectivity index (χ3v) is 9.38. The Labute approximate surface area is 236 Å². The number of aryl methyl sites for hydroxylation is 1. The lowest BCUT2D eigenvalue weighted by Gasteiger charge is -2.35. The van der Waals surface area contributed by atoms with Crippen molar-refractivity contribution in [2.75, 3.05) is 6.26 Å². The summed E-state index contributed by atoms with van der Waals surface area (Å²) in [4.78, 5) is 9.31. The number of alkyl halides is 5. The van der Waals surface area contributed by atoms with E-state index in [9.17, 15) is 26.2 Å². The van der Waals surface area contributed by atoms with E-state index in [4.69, 9.17) is 9.52 Å². The molecule has 2 heterocycles. The number of nitrogens with zero attached hydrogens (tertiary/aromatic N) is 2. The van der Waals surface area contributed by atoms with Crippen LogP contribution in [-0.2, 0) is 16.3 Å². The van der Waals surface area contributed by atoms with Crippen LogP contribution in [0.3, 0.4) is 0 Å². The number of pyridine rings is 2. The molecule has 1 aromatic carbocycles. The van der Waals surface area contributed by atoms with Gasteiger partial charge in [-0.25, -0.2) is 17.8 Å². The number of rotatable bonds is 7. The van der Waals surface area contributed by atoms with Gasteiger partial charge < -0.3 is 4.74 Å². The van der Waals surface area contributed by atoms with Gasteiger partial charge in [0, 0.05) is 48.5 Å². The van der Waals surface area contributed by atoms with Gasteiger partial charge >= 0.3 is 6.18 Å². The van der Waals surface area contributed by atoms with E-state index >= 15 is 0 Å². The fraction of sp³-hybridized carbons (Fsp3) is 0.467. The third kappa shape index (κ3) is 6.55. The first-order valence-electron chi connectivity index (χ1n) is 13.6. The second-order valence-electron chi connectivity index (χ2n) is 11.3. The van der Waals surface area contributed by atoms with E-state index in [1.54, 1.807) is 25.3 Å². The SMILES string of the molecule is Cc1nc(-c2cnc(C3CC(F)(F)C3)cc2C2CCC(C(F)(F)F)CC2)cc(OCc2ccccc2)c1S(C)(=N)=O. The summed E-state index contributed by atoms with van der Waals surface area (Å²) in [5.41, 5.74) is 3.42. The summed E-state index contributed by atoms with van der Waals surface area (Å²) < 4.78 is 94.7. The Hall–Kier alpha value is -3.08. The van der Waals surface area contributed by atoms with Gasteiger partial charge in [-0.05, 0) is 55.7 Å². The van der Waals surface area contributed by atoms with Gasteiger partial charge in [0.15, 0.2) is 0 Å². The summed E-state index contributed by atoms with van der Waals surface area (Å²) in [6.45, 7) is 1.80. The molecule has 3 aromatic rings. The van der Waals surface area contributed by atoms with Crippen LogP contribution >= 0.6 is 0 Å². The first-order valence-corrected chi connectivity index (χ1v) is 15.5. The first-order chi connectivity index (χ1) is 19.2. The molecule has 1 atom stereocenters. The van der Waals surface area contributed by atoms with Crippen molar-refractivity contribution in [1.29, 1.82) is 4.78 Å². The average molecular weight is 594 g/mol. The van der Waals surface area contributed by atoms with Gasteiger partial charge in [-0.3, -0.25) is 9.97 Å². The van der Waals surface area contributed by atoms with Gasteiger partial charge in [0.1, 0.15) is 17.3 Å². The van der Waals surface area contributed by atoms with Crippen molar-refractivity contribution >= 4 is 9.73 Å². The highest BCUT2D eigenvalue weighted by Crippen LogP contribution is 2.50. The van der Waals surface area contributed by atoms with Crippen LogP contribution in [0.4, 0.5) is 22.0 Å². The zero-order valence-corrected chi connectivity index (χ0v) is 23.6. The Bertz CT molecular complexity index is 1510. The largest absolute Gasteiger partial charge is 0.487 e. The fourth-order valence-electron chi connectivity index (χ4n) is 5.95. The van der Waals surface area contributed by atoms with Crippen LogP contribution in [0.5, 0.6) is 5.75 Å². The molecule has 0 amide bonds. The van der Waals surface area contributed by atoms with E-state index in [0.717, 1.165) is 11.1 Å². The van der Waals surface area contributed by atoms with Crippen molar-refractivity contribution < 1.29 is 30.9 Å². The molecular weight excluding hydrogens is 561 g/mol. The second kappa shape index (κ2) is 11.0. The second-order valence-corrected chi connectivity index (χ2v) is 13.4. The molecule has 11 heteroatoms. The summed E-state index contributed by atoms with van der Waals surface area (Å²) in [5, 5.41) is 0. The lowest BCUT2D eigenvalue weighted by molar-refractivity contribution is -0.182. The number of ether oxygens (including phenoxy) is 1. The molecule has 220 valence electrons. The topological polar surface area (TPSA) is 75.9 Å². The van der Waals surface area contributed by atoms with Gasteiger partial charge in [0.05, 0.1) is 27.0 Å². The lowest BCUT2D eigenvalue weighted by Crippen LogP contribution is -2.34. The van der Waals surface area contributed by atoms with Crippen molar-refractivity contribution in [3.63, 3.8) is 0 Å². The third-order valence-electron chi connectivity index (χ3n) is 8.11. The molecular formula is C30H32F5N3O2S. The lowest BCUT2D eigenvalue weighted by atomic mass is 9.75. The zero-order valence-electron chi connectivity index (χ0n) is 22.8.